The maximum atomic E-state index is 11.6. The fourth-order valence-electron chi connectivity index (χ4n) is 2.30. The maximum absolute atomic E-state index is 11.6. The molecule has 0 unspecified atom stereocenters. The highest BCUT2D eigenvalue weighted by Gasteiger charge is 2.06. The fourth-order valence-corrected chi connectivity index (χ4v) is 3.08. The molecule has 0 atom stereocenters. The second-order valence-corrected chi connectivity index (χ2v) is 6.25. The Kier molecular flexibility index (Phi) is 4.29. The molecule has 0 aliphatic heterocycles. The number of aromatic amines is 1. The molecule has 0 fully saturated rings. The van der Waals surface area contributed by atoms with Gasteiger partial charge in [0.25, 0.3) is 5.56 Å². The normalized spacial score (nSPS) is 11.2. The first-order valence-electron chi connectivity index (χ1n) is 7.31. The van der Waals surface area contributed by atoms with Crippen LogP contribution in [0.4, 0.5) is 0 Å². The maximum Gasteiger partial charge on any atom is 0.251 e. The second kappa shape index (κ2) is 6.36. The zero-order chi connectivity index (χ0) is 15.5. The average Bonchev–Trinajstić information content (AvgIpc) is 2.87. The number of rotatable bonds is 5. The summed E-state index contributed by atoms with van der Waals surface area (Å²) in [5.41, 5.74) is 3.86. The van der Waals surface area contributed by atoms with Crippen LogP contribution in [0.1, 0.15) is 30.3 Å². The molecule has 3 heterocycles. The van der Waals surface area contributed by atoms with E-state index in [9.17, 15) is 4.79 Å². The molecule has 0 bridgehead atoms. The lowest BCUT2D eigenvalue weighted by Gasteiger charge is -2.01. The molecule has 1 N–H and O–H groups in total. The quantitative estimate of drug-likeness (QED) is 0.581. The number of pyridine rings is 1. The van der Waals surface area contributed by atoms with E-state index >= 15 is 0 Å². The fraction of sp³-hybridized carbons (Fsp3) is 0.312. The van der Waals surface area contributed by atoms with Crippen LogP contribution in [0.3, 0.4) is 0 Å². The Morgan fingerprint density at radius 3 is 2.91 bits per heavy atom. The Morgan fingerprint density at radius 2 is 2.09 bits per heavy atom. The van der Waals surface area contributed by atoms with Crippen LogP contribution in [0, 0.1) is 6.92 Å². The summed E-state index contributed by atoms with van der Waals surface area (Å²) in [6.07, 6.45) is 5.87. The number of nitrogens with zero attached hydrogens (tertiary/aromatic N) is 3. The molecule has 0 saturated carbocycles. The topological polar surface area (TPSA) is 63.0 Å². The van der Waals surface area contributed by atoms with Crippen LogP contribution < -0.4 is 5.56 Å². The smallest absolute Gasteiger partial charge is 0.251 e. The number of aryl methyl sites for hydroxylation is 2. The second-order valence-electron chi connectivity index (χ2n) is 5.28. The third kappa shape index (κ3) is 3.39. The van der Waals surface area contributed by atoms with Gasteiger partial charge >= 0.3 is 0 Å². The molecule has 3 aromatic rings. The minimum absolute atomic E-state index is 0.0911. The summed E-state index contributed by atoms with van der Waals surface area (Å²) in [6.45, 7) is 4.14. The van der Waals surface area contributed by atoms with E-state index in [1.54, 1.807) is 6.07 Å². The van der Waals surface area contributed by atoms with E-state index in [0.29, 0.717) is 10.9 Å². The van der Waals surface area contributed by atoms with E-state index in [4.69, 9.17) is 0 Å². The van der Waals surface area contributed by atoms with Crippen molar-refractivity contribution in [3.8, 4) is 0 Å². The van der Waals surface area contributed by atoms with Gasteiger partial charge in [0.15, 0.2) is 5.16 Å². The molecule has 0 amide bonds. The van der Waals surface area contributed by atoms with E-state index in [0.717, 1.165) is 29.9 Å². The largest absolute Gasteiger partial charge is 0.307 e. The lowest BCUT2D eigenvalue weighted by Crippen LogP contribution is -2.09. The summed E-state index contributed by atoms with van der Waals surface area (Å²) in [4.78, 5) is 23.5. The predicted molar refractivity (Wildman–Crippen MR) is 88.3 cm³/mol. The highest BCUT2D eigenvalue weighted by molar-refractivity contribution is 7.98. The van der Waals surface area contributed by atoms with Gasteiger partial charge in [0, 0.05) is 29.9 Å². The zero-order valence-electron chi connectivity index (χ0n) is 12.7. The standard InChI is InChI=1S/C16H18N4OS/c1-3-4-12-7-15(21)19-16(18-12)22-10-13-9-20-8-11(2)5-6-14(20)17-13/h5-9H,3-4,10H2,1-2H3,(H,18,19,21). The number of hydrogen-bond acceptors (Lipinski definition) is 4. The molecule has 0 aromatic carbocycles. The van der Waals surface area contributed by atoms with Gasteiger partial charge in [-0.3, -0.25) is 4.79 Å². The monoisotopic (exact) mass is 314 g/mol. The van der Waals surface area contributed by atoms with Gasteiger partial charge in [-0.1, -0.05) is 31.2 Å². The Labute approximate surface area is 132 Å². The molecule has 0 radical (unpaired) electrons. The molecule has 22 heavy (non-hydrogen) atoms. The Hall–Kier alpha value is -2.08. The number of nitrogens with one attached hydrogen (secondary N) is 1. The van der Waals surface area contributed by atoms with Gasteiger partial charge in [0.1, 0.15) is 5.65 Å². The Balaban J connectivity index is 1.77. The van der Waals surface area contributed by atoms with Crippen molar-refractivity contribution in [1.82, 2.24) is 19.4 Å². The van der Waals surface area contributed by atoms with Crippen LogP contribution in [0.2, 0.25) is 0 Å². The van der Waals surface area contributed by atoms with E-state index in [-0.39, 0.29) is 5.56 Å². The van der Waals surface area contributed by atoms with Gasteiger partial charge in [-0.15, -0.1) is 0 Å². The van der Waals surface area contributed by atoms with Gasteiger partial charge in [-0.25, -0.2) is 9.97 Å². The predicted octanol–water partition coefficient (Wildman–Crippen LogP) is 2.97. The molecule has 0 saturated heterocycles. The molecule has 5 nitrogen and oxygen atoms in total. The lowest BCUT2D eigenvalue weighted by molar-refractivity contribution is 0.815. The highest BCUT2D eigenvalue weighted by Crippen LogP contribution is 2.19. The van der Waals surface area contributed by atoms with Crippen LogP contribution in [0.25, 0.3) is 5.65 Å². The summed E-state index contributed by atoms with van der Waals surface area (Å²) >= 11 is 1.50. The number of thioether (sulfide) groups is 1. The van der Waals surface area contributed by atoms with E-state index in [1.807, 2.05) is 22.7 Å². The molecule has 0 aliphatic carbocycles. The summed E-state index contributed by atoms with van der Waals surface area (Å²) < 4.78 is 2.02. The zero-order valence-corrected chi connectivity index (χ0v) is 13.5. The van der Waals surface area contributed by atoms with E-state index in [1.165, 1.54) is 17.3 Å². The number of H-pyrrole nitrogens is 1. The van der Waals surface area contributed by atoms with Crippen LogP contribution in [0.15, 0.2) is 40.5 Å². The SMILES string of the molecule is CCCc1cc(=O)[nH]c(SCc2cn3cc(C)ccc3n2)n1. The van der Waals surface area contributed by atoms with Crippen molar-refractivity contribution < 1.29 is 0 Å². The van der Waals surface area contributed by atoms with Crippen molar-refractivity contribution in [2.75, 3.05) is 0 Å². The molecular formula is C16H18N4OS. The number of imidazole rings is 1. The van der Waals surface area contributed by atoms with Crippen LogP contribution in [0.5, 0.6) is 0 Å². The summed E-state index contributed by atoms with van der Waals surface area (Å²) in [5, 5.41) is 0.657. The molecular weight excluding hydrogens is 296 g/mol. The van der Waals surface area contributed by atoms with Gasteiger partial charge in [0.2, 0.25) is 0 Å². The van der Waals surface area contributed by atoms with Crippen molar-refractivity contribution >= 4 is 17.4 Å². The van der Waals surface area contributed by atoms with Crippen molar-refractivity contribution in [2.45, 2.75) is 37.6 Å². The summed E-state index contributed by atoms with van der Waals surface area (Å²) in [7, 11) is 0. The molecule has 0 spiro atoms. The minimum Gasteiger partial charge on any atom is -0.307 e. The molecule has 6 heteroatoms. The third-order valence-corrected chi connectivity index (χ3v) is 4.19. The highest BCUT2D eigenvalue weighted by atomic mass is 32.2. The average molecular weight is 314 g/mol. The van der Waals surface area contributed by atoms with Crippen molar-refractivity contribution in [2.24, 2.45) is 0 Å². The van der Waals surface area contributed by atoms with Crippen molar-refractivity contribution in [3.63, 3.8) is 0 Å². The lowest BCUT2D eigenvalue weighted by atomic mass is 10.2. The number of aromatic nitrogens is 4. The minimum atomic E-state index is -0.0911. The summed E-state index contributed by atoms with van der Waals surface area (Å²) in [5.74, 6) is 0.680. The molecule has 3 rings (SSSR count). The van der Waals surface area contributed by atoms with E-state index < -0.39 is 0 Å². The summed E-state index contributed by atoms with van der Waals surface area (Å²) in [6, 6.07) is 5.62. The van der Waals surface area contributed by atoms with Crippen molar-refractivity contribution in [3.05, 3.63) is 57.9 Å². The van der Waals surface area contributed by atoms with E-state index in [2.05, 4.69) is 35.0 Å². The Bertz CT molecular complexity index is 853. The van der Waals surface area contributed by atoms with Crippen LogP contribution in [-0.2, 0) is 12.2 Å². The van der Waals surface area contributed by atoms with Crippen LogP contribution >= 0.6 is 11.8 Å². The first kappa shape index (κ1) is 14.8. The first-order valence-corrected chi connectivity index (χ1v) is 8.30. The number of fused-ring (bicyclic) bond motifs is 1. The molecule has 3 aromatic heterocycles. The van der Waals surface area contributed by atoms with Gasteiger partial charge < -0.3 is 9.38 Å². The van der Waals surface area contributed by atoms with Gasteiger partial charge in [-0.05, 0) is 25.0 Å². The van der Waals surface area contributed by atoms with Gasteiger partial charge in [-0.2, -0.15) is 0 Å². The van der Waals surface area contributed by atoms with Gasteiger partial charge in [0.05, 0.1) is 5.69 Å². The number of hydrogen-bond donors (Lipinski definition) is 1. The van der Waals surface area contributed by atoms with Crippen molar-refractivity contribution in [1.29, 1.82) is 0 Å². The third-order valence-electron chi connectivity index (χ3n) is 3.28. The molecule has 0 aliphatic rings. The Morgan fingerprint density at radius 1 is 1.23 bits per heavy atom. The van der Waals surface area contributed by atoms with Crippen LogP contribution in [-0.4, -0.2) is 19.4 Å². The first-order chi connectivity index (χ1) is 10.6. The molecule has 114 valence electrons.